The van der Waals surface area contributed by atoms with E-state index in [1.807, 2.05) is 66.9 Å². The van der Waals surface area contributed by atoms with Gasteiger partial charge >= 0.3 is 0 Å². The summed E-state index contributed by atoms with van der Waals surface area (Å²) in [6.45, 7) is 0. The van der Waals surface area contributed by atoms with Gasteiger partial charge in [0, 0.05) is 29.5 Å². The van der Waals surface area contributed by atoms with Crippen molar-refractivity contribution in [2.24, 2.45) is 0 Å². The maximum atomic E-state index is 12.4. The highest BCUT2D eigenvalue weighted by atomic mass is 16.2. The average molecular weight is 314 g/mol. The molecule has 5 nitrogen and oxygen atoms in total. The minimum absolute atomic E-state index is 0.254. The SMILES string of the molecule is O=C(Nn1ccc2ccccc21)c1cnc(-c2ccccc2)nc1. The van der Waals surface area contributed by atoms with E-state index in [1.54, 1.807) is 4.68 Å². The second-order valence-electron chi connectivity index (χ2n) is 5.35. The molecule has 0 atom stereocenters. The van der Waals surface area contributed by atoms with E-state index >= 15 is 0 Å². The summed E-state index contributed by atoms with van der Waals surface area (Å²) in [5.41, 5.74) is 5.10. The van der Waals surface area contributed by atoms with Crippen molar-refractivity contribution in [1.82, 2.24) is 14.6 Å². The number of para-hydroxylation sites is 1. The van der Waals surface area contributed by atoms with Gasteiger partial charge in [0.1, 0.15) is 0 Å². The van der Waals surface area contributed by atoms with Gasteiger partial charge in [0.15, 0.2) is 5.82 Å². The summed E-state index contributed by atoms with van der Waals surface area (Å²) in [5.74, 6) is 0.342. The largest absolute Gasteiger partial charge is 0.273 e. The number of amides is 1. The molecule has 4 rings (SSSR count). The van der Waals surface area contributed by atoms with Gasteiger partial charge < -0.3 is 0 Å². The van der Waals surface area contributed by atoms with Gasteiger partial charge in [0.25, 0.3) is 5.91 Å². The Morgan fingerprint density at radius 2 is 1.58 bits per heavy atom. The lowest BCUT2D eigenvalue weighted by Gasteiger charge is -2.08. The molecule has 0 aliphatic rings. The minimum Gasteiger partial charge on any atom is -0.267 e. The van der Waals surface area contributed by atoms with Crippen molar-refractivity contribution >= 4 is 16.8 Å². The summed E-state index contributed by atoms with van der Waals surface area (Å²) in [5, 5.41) is 1.06. The molecule has 24 heavy (non-hydrogen) atoms. The number of fused-ring (bicyclic) bond motifs is 1. The van der Waals surface area contributed by atoms with Crippen LogP contribution < -0.4 is 5.43 Å². The van der Waals surface area contributed by atoms with Crippen LogP contribution in [0.5, 0.6) is 0 Å². The van der Waals surface area contributed by atoms with E-state index in [0.29, 0.717) is 11.4 Å². The summed E-state index contributed by atoms with van der Waals surface area (Å²) in [4.78, 5) is 21.0. The Kier molecular flexibility index (Phi) is 3.51. The minimum atomic E-state index is -0.254. The third-order valence-electron chi connectivity index (χ3n) is 3.77. The predicted octanol–water partition coefficient (Wildman–Crippen LogP) is 3.48. The molecule has 2 aromatic carbocycles. The molecule has 2 aromatic heterocycles. The zero-order valence-electron chi connectivity index (χ0n) is 12.8. The fraction of sp³-hybridized carbons (Fsp3) is 0. The third-order valence-corrected chi connectivity index (χ3v) is 3.77. The van der Waals surface area contributed by atoms with E-state index in [-0.39, 0.29) is 5.91 Å². The van der Waals surface area contributed by atoms with E-state index in [4.69, 9.17) is 0 Å². The number of carbonyl (C=O) groups is 1. The number of nitrogens with one attached hydrogen (secondary N) is 1. The lowest BCUT2D eigenvalue weighted by atomic mass is 10.2. The standard InChI is InChI=1S/C19H14N4O/c24-19(22-23-11-10-14-6-4-5-9-17(14)23)16-12-20-18(21-13-16)15-7-2-1-3-8-15/h1-13H,(H,22,24). The zero-order valence-corrected chi connectivity index (χ0v) is 12.8. The number of carbonyl (C=O) groups excluding carboxylic acids is 1. The predicted molar refractivity (Wildman–Crippen MR) is 93.1 cm³/mol. The highest BCUT2D eigenvalue weighted by Crippen LogP contribution is 2.15. The molecule has 0 saturated heterocycles. The first kappa shape index (κ1) is 14.1. The summed E-state index contributed by atoms with van der Waals surface area (Å²) < 4.78 is 1.70. The van der Waals surface area contributed by atoms with E-state index in [2.05, 4.69) is 15.4 Å². The Hall–Kier alpha value is -3.47. The van der Waals surface area contributed by atoms with Crippen molar-refractivity contribution < 1.29 is 4.79 Å². The van der Waals surface area contributed by atoms with Crippen LogP contribution in [0.4, 0.5) is 0 Å². The molecule has 1 N–H and O–H groups in total. The molecule has 0 spiro atoms. The van der Waals surface area contributed by atoms with Crippen molar-refractivity contribution in [3.8, 4) is 11.4 Å². The molecule has 0 aliphatic heterocycles. The quantitative estimate of drug-likeness (QED) is 0.630. The molecule has 0 aliphatic carbocycles. The fourth-order valence-electron chi connectivity index (χ4n) is 2.54. The van der Waals surface area contributed by atoms with Crippen molar-refractivity contribution in [3.05, 3.63) is 84.8 Å². The van der Waals surface area contributed by atoms with E-state index in [0.717, 1.165) is 16.5 Å². The molecule has 0 unspecified atom stereocenters. The molecule has 2 heterocycles. The highest BCUT2D eigenvalue weighted by Gasteiger charge is 2.09. The second kappa shape index (κ2) is 5.96. The summed E-state index contributed by atoms with van der Waals surface area (Å²) in [6.07, 6.45) is 4.90. The number of aromatic nitrogens is 3. The molecule has 0 saturated carbocycles. The number of nitrogens with zero attached hydrogens (tertiary/aromatic N) is 3. The van der Waals surface area contributed by atoms with Crippen molar-refractivity contribution in [3.63, 3.8) is 0 Å². The highest BCUT2D eigenvalue weighted by molar-refractivity contribution is 6.00. The van der Waals surface area contributed by atoms with Gasteiger partial charge in [-0.15, -0.1) is 0 Å². The van der Waals surface area contributed by atoms with Crippen LogP contribution >= 0.6 is 0 Å². The third kappa shape index (κ3) is 2.63. The number of hydrogen-bond donors (Lipinski definition) is 1. The molecular weight excluding hydrogens is 300 g/mol. The van der Waals surface area contributed by atoms with Crippen LogP contribution in [0.3, 0.4) is 0 Å². The number of benzene rings is 2. The first-order valence-corrected chi connectivity index (χ1v) is 7.56. The van der Waals surface area contributed by atoms with E-state index < -0.39 is 0 Å². The van der Waals surface area contributed by atoms with E-state index in [9.17, 15) is 4.79 Å². The molecule has 0 bridgehead atoms. The van der Waals surface area contributed by atoms with Gasteiger partial charge in [-0.2, -0.15) is 0 Å². The molecule has 116 valence electrons. The van der Waals surface area contributed by atoms with Crippen LogP contribution in [0, 0.1) is 0 Å². The smallest absolute Gasteiger partial charge is 0.267 e. The molecular formula is C19H14N4O. The molecule has 1 amide bonds. The van der Waals surface area contributed by atoms with Gasteiger partial charge in [-0.1, -0.05) is 48.5 Å². The Balaban J connectivity index is 1.56. The maximum Gasteiger partial charge on any atom is 0.273 e. The van der Waals surface area contributed by atoms with Crippen LogP contribution in [0.25, 0.3) is 22.3 Å². The Morgan fingerprint density at radius 1 is 0.875 bits per heavy atom. The molecule has 5 heteroatoms. The van der Waals surface area contributed by atoms with Crippen LogP contribution in [-0.4, -0.2) is 20.6 Å². The monoisotopic (exact) mass is 314 g/mol. The van der Waals surface area contributed by atoms with Gasteiger partial charge in [-0.25, -0.2) is 9.97 Å². The van der Waals surface area contributed by atoms with Gasteiger partial charge in [0.2, 0.25) is 0 Å². The van der Waals surface area contributed by atoms with Crippen molar-refractivity contribution in [1.29, 1.82) is 0 Å². The van der Waals surface area contributed by atoms with Crippen LogP contribution in [0.15, 0.2) is 79.3 Å². The molecule has 4 aromatic rings. The van der Waals surface area contributed by atoms with Crippen LogP contribution in [0.2, 0.25) is 0 Å². The lowest BCUT2D eigenvalue weighted by molar-refractivity contribution is 0.101. The van der Waals surface area contributed by atoms with Crippen LogP contribution in [0.1, 0.15) is 10.4 Å². The Morgan fingerprint density at radius 3 is 2.38 bits per heavy atom. The van der Waals surface area contributed by atoms with E-state index in [1.165, 1.54) is 12.4 Å². The van der Waals surface area contributed by atoms with Gasteiger partial charge in [0.05, 0.1) is 11.1 Å². The average Bonchev–Trinajstić information content (AvgIpc) is 3.06. The topological polar surface area (TPSA) is 59.8 Å². The maximum absolute atomic E-state index is 12.4. The summed E-state index contributed by atoms with van der Waals surface area (Å²) in [7, 11) is 0. The summed E-state index contributed by atoms with van der Waals surface area (Å²) >= 11 is 0. The normalized spacial score (nSPS) is 10.7. The lowest BCUT2D eigenvalue weighted by Crippen LogP contribution is -2.22. The Bertz CT molecular complexity index is 991. The van der Waals surface area contributed by atoms with Crippen molar-refractivity contribution in [2.45, 2.75) is 0 Å². The van der Waals surface area contributed by atoms with Crippen LogP contribution in [-0.2, 0) is 0 Å². The van der Waals surface area contributed by atoms with Gasteiger partial charge in [-0.3, -0.25) is 14.9 Å². The van der Waals surface area contributed by atoms with Gasteiger partial charge in [-0.05, 0) is 12.1 Å². The number of hydrogen-bond acceptors (Lipinski definition) is 3. The van der Waals surface area contributed by atoms with Crippen molar-refractivity contribution in [2.75, 3.05) is 5.43 Å². The number of rotatable bonds is 3. The molecule has 0 fully saturated rings. The molecule has 0 radical (unpaired) electrons. The first-order chi connectivity index (χ1) is 11.8. The first-order valence-electron chi connectivity index (χ1n) is 7.56. The zero-order chi connectivity index (χ0) is 16.4. The fourth-order valence-corrected chi connectivity index (χ4v) is 2.54. The second-order valence-corrected chi connectivity index (χ2v) is 5.35. The Labute approximate surface area is 138 Å². The summed E-state index contributed by atoms with van der Waals surface area (Å²) in [6, 6.07) is 19.4.